The molecule has 1 aromatic carbocycles. The van der Waals surface area contributed by atoms with E-state index in [1.165, 1.54) is 0 Å². The lowest BCUT2D eigenvalue weighted by Gasteiger charge is -2.30. The van der Waals surface area contributed by atoms with Crippen LogP contribution in [0.1, 0.15) is 25.8 Å². The van der Waals surface area contributed by atoms with Crippen LogP contribution < -0.4 is 5.43 Å². The summed E-state index contributed by atoms with van der Waals surface area (Å²) in [7, 11) is 0. The first kappa shape index (κ1) is 11.7. The summed E-state index contributed by atoms with van der Waals surface area (Å²) in [5.74, 6) is 0.0832. The lowest BCUT2D eigenvalue weighted by Crippen LogP contribution is -2.48. The Labute approximate surface area is 102 Å². The predicted molar refractivity (Wildman–Crippen MR) is 68.0 cm³/mol. The van der Waals surface area contributed by atoms with E-state index in [2.05, 4.69) is 12.0 Å². The average molecular weight is 230 g/mol. The minimum absolute atomic E-state index is 0.0832. The van der Waals surface area contributed by atoms with Gasteiger partial charge in [-0.15, -0.1) is 0 Å². The largest absolute Gasteiger partial charge is 0.300 e. The van der Waals surface area contributed by atoms with Crippen LogP contribution in [0.3, 0.4) is 0 Å². The van der Waals surface area contributed by atoms with Gasteiger partial charge in [-0.05, 0) is 19.4 Å². The van der Waals surface area contributed by atoms with E-state index in [1.807, 2.05) is 44.2 Å². The van der Waals surface area contributed by atoms with Crippen LogP contribution in [-0.4, -0.2) is 16.5 Å². The number of benzene rings is 1. The van der Waals surface area contributed by atoms with Crippen molar-refractivity contribution in [3.8, 4) is 0 Å². The van der Waals surface area contributed by atoms with Gasteiger partial charge in [0.2, 0.25) is 5.91 Å². The third-order valence-electron chi connectivity index (χ3n) is 2.97. The molecule has 1 aliphatic heterocycles. The average Bonchev–Trinajstić information content (AvgIpc) is 2.53. The van der Waals surface area contributed by atoms with E-state index in [-0.39, 0.29) is 11.4 Å². The first-order valence-corrected chi connectivity index (χ1v) is 5.80. The lowest BCUT2D eigenvalue weighted by atomic mass is 10.00. The van der Waals surface area contributed by atoms with Gasteiger partial charge in [0, 0.05) is 12.1 Å². The second-order valence-corrected chi connectivity index (χ2v) is 5.10. The van der Waals surface area contributed by atoms with Gasteiger partial charge in [-0.1, -0.05) is 36.9 Å². The van der Waals surface area contributed by atoms with E-state index in [9.17, 15) is 4.79 Å². The molecule has 1 fully saturated rings. The first-order chi connectivity index (χ1) is 7.99. The fraction of sp³-hybridized carbons (Fsp3) is 0.357. The van der Waals surface area contributed by atoms with Crippen LogP contribution in [0.5, 0.6) is 0 Å². The van der Waals surface area contributed by atoms with Gasteiger partial charge in [-0.2, -0.15) is 0 Å². The Balaban J connectivity index is 2.09. The van der Waals surface area contributed by atoms with Crippen molar-refractivity contribution in [2.45, 2.75) is 32.2 Å². The normalized spacial score (nSPS) is 18.0. The van der Waals surface area contributed by atoms with Crippen molar-refractivity contribution in [2.75, 3.05) is 0 Å². The van der Waals surface area contributed by atoms with Gasteiger partial charge >= 0.3 is 0 Å². The highest BCUT2D eigenvalue weighted by Gasteiger charge is 2.37. The molecule has 3 heteroatoms. The van der Waals surface area contributed by atoms with Crippen LogP contribution in [0.25, 0.3) is 0 Å². The molecule has 0 saturated carbocycles. The van der Waals surface area contributed by atoms with E-state index in [1.54, 1.807) is 5.01 Å². The van der Waals surface area contributed by atoms with Crippen molar-refractivity contribution in [1.29, 1.82) is 0 Å². The second kappa shape index (κ2) is 4.24. The van der Waals surface area contributed by atoms with Gasteiger partial charge in [0.15, 0.2) is 0 Å². The van der Waals surface area contributed by atoms with Gasteiger partial charge in [-0.25, -0.2) is 0 Å². The standard InChI is InChI=1S/C14H18N2O/c1-11-10-14(2,3)16(15-11)13(17)9-12-7-5-4-6-8-12/h4-8,15H,1,9-10H2,2-3H3. The molecule has 2 rings (SSSR count). The molecule has 1 saturated heterocycles. The molecule has 0 radical (unpaired) electrons. The van der Waals surface area contributed by atoms with Crippen LogP contribution in [-0.2, 0) is 11.2 Å². The quantitative estimate of drug-likeness (QED) is 0.845. The van der Waals surface area contributed by atoms with Gasteiger partial charge in [0.1, 0.15) is 0 Å². The maximum Gasteiger partial charge on any atom is 0.245 e. The zero-order valence-corrected chi connectivity index (χ0v) is 10.4. The predicted octanol–water partition coefficient (Wildman–Crippen LogP) is 2.26. The monoisotopic (exact) mass is 230 g/mol. The van der Waals surface area contributed by atoms with Crippen LogP contribution in [0.15, 0.2) is 42.6 Å². The van der Waals surface area contributed by atoms with Crippen molar-refractivity contribution in [3.63, 3.8) is 0 Å². The van der Waals surface area contributed by atoms with Crippen LogP contribution in [0.4, 0.5) is 0 Å². The highest BCUT2D eigenvalue weighted by molar-refractivity contribution is 5.79. The number of hydrogen-bond acceptors (Lipinski definition) is 2. The van der Waals surface area contributed by atoms with Gasteiger partial charge < -0.3 is 5.43 Å². The molecule has 17 heavy (non-hydrogen) atoms. The maximum atomic E-state index is 12.2. The summed E-state index contributed by atoms with van der Waals surface area (Å²) >= 11 is 0. The summed E-state index contributed by atoms with van der Waals surface area (Å²) in [6, 6.07) is 9.79. The third kappa shape index (κ3) is 2.49. The molecule has 1 N–H and O–H groups in total. The smallest absolute Gasteiger partial charge is 0.245 e. The molecule has 0 spiro atoms. The Morgan fingerprint density at radius 1 is 1.41 bits per heavy atom. The Kier molecular flexibility index (Phi) is 2.92. The molecule has 0 bridgehead atoms. The molecule has 0 unspecified atom stereocenters. The van der Waals surface area contributed by atoms with Crippen LogP contribution in [0, 0.1) is 0 Å². The zero-order chi connectivity index (χ0) is 12.5. The van der Waals surface area contributed by atoms with Crippen LogP contribution >= 0.6 is 0 Å². The number of nitrogens with zero attached hydrogens (tertiary/aromatic N) is 1. The van der Waals surface area contributed by atoms with Crippen molar-refractivity contribution in [2.24, 2.45) is 0 Å². The van der Waals surface area contributed by atoms with Gasteiger partial charge in [-0.3, -0.25) is 9.80 Å². The molecule has 0 aromatic heterocycles. The summed E-state index contributed by atoms with van der Waals surface area (Å²) in [4.78, 5) is 12.2. The summed E-state index contributed by atoms with van der Waals surface area (Å²) in [6.45, 7) is 7.97. The minimum atomic E-state index is -0.192. The SMILES string of the molecule is C=C1CC(C)(C)N(C(=O)Cc2ccccc2)N1. The number of hydrogen-bond donors (Lipinski definition) is 1. The van der Waals surface area contributed by atoms with Crippen LogP contribution in [0.2, 0.25) is 0 Å². The molecule has 3 nitrogen and oxygen atoms in total. The molecule has 90 valence electrons. The van der Waals surface area contributed by atoms with Crippen molar-refractivity contribution >= 4 is 5.91 Å². The van der Waals surface area contributed by atoms with Gasteiger partial charge in [0.25, 0.3) is 0 Å². The fourth-order valence-electron chi connectivity index (χ4n) is 2.20. The number of amides is 1. The van der Waals surface area contributed by atoms with E-state index in [0.29, 0.717) is 6.42 Å². The Bertz CT molecular complexity index is 437. The Morgan fingerprint density at radius 3 is 2.59 bits per heavy atom. The fourth-order valence-corrected chi connectivity index (χ4v) is 2.20. The Hall–Kier alpha value is -1.77. The van der Waals surface area contributed by atoms with Crippen molar-refractivity contribution < 1.29 is 4.79 Å². The molecular formula is C14H18N2O. The highest BCUT2D eigenvalue weighted by Crippen LogP contribution is 2.27. The van der Waals surface area contributed by atoms with E-state index >= 15 is 0 Å². The summed E-state index contributed by atoms with van der Waals surface area (Å²) in [5, 5.41) is 1.70. The number of carbonyl (C=O) groups excluding carboxylic acids is 1. The molecule has 0 atom stereocenters. The highest BCUT2D eigenvalue weighted by atomic mass is 16.2. The summed E-state index contributed by atoms with van der Waals surface area (Å²) in [6.07, 6.45) is 1.22. The maximum absolute atomic E-state index is 12.2. The molecule has 1 amide bonds. The third-order valence-corrected chi connectivity index (χ3v) is 2.97. The number of nitrogens with one attached hydrogen (secondary N) is 1. The molecular weight excluding hydrogens is 212 g/mol. The van der Waals surface area contributed by atoms with Gasteiger partial charge in [0.05, 0.1) is 12.0 Å². The number of hydrazine groups is 1. The van der Waals surface area contributed by atoms with E-state index in [4.69, 9.17) is 0 Å². The zero-order valence-electron chi connectivity index (χ0n) is 10.4. The summed E-state index contributed by atoms with van der Waals surface area (Å²) in [5.41, 5.74) is 4.80. The number of carbonyl (C=O) groups is 1. The van der Waals surface area contributed by atoms with Crippen molar-refractivity contribution in [1.82, 2.24) is 10.4 Å². The molecule has 0 aliphatic carbocycles. The van der Waals surface area contributed by atoms with E-state index < -0.39 is 0 Å². The Morgan fingerprint density at radius 2 is 2.06 bits per heavy atom. The van der Waals surface area contributed by atoms with Crippen molar-refractivity contribution in [3.05, 3.63) is 48.2 Å². The number of rotatable bonds is 2. The second-order valence-electron chi connectivity index (χ2n) is 5.10. The summed E-state index contributed by atoms with van der Waals surface area (Å²) < 4.78 is 0. The molecule has 1 aromatic rings. The molecule has 1 aliphatic rings. The first-order valence-electron chi connectivity index (χ1n) is 5.80. The lowest BCUT2D eigenvalue weighted by molar-refractivity contribution is -0.136. The van der Waals surface area contributed by atoms with E-state index in [0.717, 1.165) is 17.7 Å². The minimum Gasteiger partial charge on any atom is -0.300 e. The topological polar surface area (TPSA) is 32.3 Å². The molecule has 1 heterocycles.